The minimum atomic E-state index is -2.10. The molecule has 4 rings (SSSR count). The summed E-state index contributed by atoms with van der Waals surface area (Å²) in [7, 11) is 0. The Balaban J connectivity index is 2.13. The fraction of sp³-hybridized carbons (Fsp3) is 0.316. The molecule has 2 N–H and O–H groups in total. The van der Waals surface area contributed by atoms with Gasteiger partial charge in [0.2, 0.25) is 11.4 Å². The van der Waals surface area contributed by atoms with Gasteiger partial charge in [-0.15, -0.1) is 0 Å². The van der Waals surface area contributed by atoms with Crippen molar-refractivity contribution in [3.05, 3.63) is 63.2 Å². The van der Waals surface area contributed by atoms with Crippen LogP contribution in [0.1, 0.15) is 43.7 Å². The SMILES string of the molecule is Cc1c(C)c(C)c2c(c1C)OC1(O)c3ccccc3C(=O)C21O. The van der Waals surface area contributed by atoms with Crippen LogP contribution in [0.5, 0.6) is 5.75 Å². The third kappa shape index (κ3) is 1.33. The average molecular weight is 310 g/mol. The van der Waals surface area contributed by atoms with E-state index in [-0.39, 0.29) is 0 Å². The number of aliphatic hydroxyl groups is 2. The molecule has 0 saturated carbocycles. The van der Waals surface area contributed by atoms with Crippen LogP contribution in [0.3, 0.4) is 0 Å². The summed E-state index contributed by atoms with van der Waals surface area (Å²) in [5.41, 5.74) is 2.56. The van der Waals surface area contributed by atoms with Crippen molar-refractivity contribution in [2.45, 2.75) is 39.1 Å². The molecule has 1 heterocycles. The number of ketones is 1. The first kappa shape index (κ1) is 14.4. The Morgan fingerprint density at radius 3 is 2.22 bits per heavy atom. The lowest BCUT2D eigenvalue weighted by Crippen LogP contribution is -2.48. The number of carbonyl (C=O) groups excluding carboxylic acids is 1. The van der Waals surface area contributed by atoms with Crippen LogP contribution in [-0.2, 0) is 11.4 Å². The molecule has 1 aliphatic heterocycles. The molecule has 2 aliphatic rings. The predicted octanol–water partition coefficient (Wildman–Crippen LogP) is 2.54. The van der Waals surface area contributed by atoms with Crippen LogP contribution in [0, 0.1) is 27.7 Å². The van der Waals surface area contributed by atoms with E-state index in [2.05, 4.69) is 0 Å². The topological polar surface area (TPSA) is 66.8 Å². The van der Waals surface area contributed by atoms with Crippen molar-refractivity contribution >= 4 is 5.78 Å². The maximum absolute atomic E-state index is 12.9. The molecule has 2 atom stereocenters. The number of carbonyl (C=O) groups is 1. The zero-order valence-corrected chi connectivity index (χ0v) is 13.5. The van der Waals surface area contributed by atoms with E-state index in [0.29, 0.717) is 22.4 Å². The molecule has 0 bridgehead atoms. The van der Waals surface area contributed by atoms with Gasteiger partial charge in [0.25, 0.3) is 5.79 Å². The lowest BCUT2D eigenvalue weighted by molar-refractivity contribution is -0.224. The number of Topliss-reactive ketones (excluding diaryl/α,β-unsaturated/α-hetero) is 1. The second-order valence-corrected chi connectivity index (χ2v) is 6.54. The Labute approximate surface area is 134 Å². The fourth-order valence-electron chi connectivity index (χ4n) is 3.92. The summed E-state index contributed by atoms with van der Waals surface area (Å²) >= 11 is 0. The summed E-state index contributed by atoms with van der Waals surface area (Å²) in [6.45, 7) is 7.65. The van der Waals surface area contributed by atoms with E-state index in [0.717, 1.165) is 22.3 Å². The van der Waals surface area contributed by atoms with Gasteiger partial charge in [0.1, 0.15) is 5.75 Å². The quantitative estimate of drug-likeness (QED) is 0.785. The van der Waals surface area contributed by atoms with E-state index in [4.69, 9.17) is 4.74 Å². The Morgan fingerprint density at radius 1 is 0.913 bits per heavy atom. The summed E-state index contributed by atoms with van der Waals surface area (Å²) in [5.74, 6) is -2.17. The molecule has 4 heteroatoms. The third-order valence-corrected chi connectivity index (χ3v) is 5.60. The van der Waals surface area contributed by atoms with Crippen molar-refractivity contribution in [1.29, 1.82) is 0 Å². The number of benzene rings is 2. The van der Waals surface area contributed by atoms with Gasteiger partial charge in [-0.05, 0) is 49.9 Å². The molecule has 1 aliphatic carbocycles. The number of rotatable bonds is 0. The molecule has 2 aromatic carbocycles. The lowest BCUT2D eigenvalue weighted by atomic mass is 9.81. The molecule has 23 heavy (non-hydrogen) atoms. The predicted molar refractivity (Wildman–Crippen MR) is 84.6 cm³/mol. The minimum Gasteiger partial charge on any atom is -0.453 e. The fourth-order valence-corrected chi connectivity index (χ4v) is 3.92. The molecule has 0 saturated heterocycles. The molecule has 118 valence electrons. The smallest absolute Gasteiger partial charge is 0.276 e. The van der Waals surface area contributed by atoms with Crippen molar-refractivity contribution in [2.24, 2.45) is 0 Å². The van der Waals surface area contributed by atoms with Crippen molar-refractivity contribution in [2.75, 3.05) is 0 Å². The largest absolute Gasteiger partial charge is 0.453 e. The summed E-state index contributed by atoms with van der Waals surface area (Å²) in [6, 6.07) is 6.67. The van der Waals surface area contributed by atoms with E-state index in [9.17, 15) is 15.0 Å². The highest BCUT2D eigenvalue weighted by molar-refractivity contribution is 6.10. The Hall–Kier alpha value is -2.17. The number of ether oxygens (including phenoxy) is 1. The number of fused-ring (bicyclic) bond motifs is 5. The van der Waals surface area contributed by atoms with E-state index in [1.54, 1.807) is 24.3 Å². The molecule has 0 amide bonds. The van der Waals surface area contributed by atoms with Crippen molar-refractivity contribution < 1.29 is 19.7 Å². The van der Waals surface area contributed by atoms with Gasteiger partial charge in [0, 0.05) is 16.7 Å². The molecule has 0 radical (unpaired) electrons. The van der Waals surface area contributed by atoms with Gasteiger partial charge in [-0.1, -0.05) is 24.3 Å². The standard InChI is InChI=1S/C19H18O4/c1-9-10(2)12(4)16-15(11(9)3)18(21)17(20)13-7-5-6-8-14(13)19(18,22)23-16/h5-8,21-22H,1-4H3. The Kier molecular flexibility index (Phi) is 2.52. The summed E-state index contributed by atoms with van der Waals surface area (Å²) in [5, 5.41) is 22.5. The van der Waals surface area contributed by atoms with Crippen molar-refractivity contribution in [1.82, 2.24) is 0 Å². The van der Waals surface area contributed by atoms with E-state index in [1.807, 2.05) is 27.7 Å². The average Bonchev–Trinajstić information content (AvgIpc) is 2.88. The first-order valence-corrected chi connectivity index (χ1v) is 7.64. The summed E-state index contributed by atoms with van der Waals surface area (Å²) in [6.07, 6.45) is 0. The maximum Gasteiger partial charge on any atom is 0.276 e. The highest BCUT2D eigenvalue weighted by Crippen LogP contribution is 2.60. The maximum atomic E-state index is 12.9. The first-order valence-electron chi connectivity index (χ1n) is 7.64. The van der Waals surface area contributed by atoms with Crippen LogP contribution < -0.4 is 4.74 Å². The van der Waals surface area contributed by atoms with E-state index in [1.165, 1.54) is 0 Å². The van der Waals surface area contributed by atoms with Crippen molar-refractivity contribution in [3.63, 3.8) is 0 Å². The van der Waals surface area contributed by atoms with Gasteiger partial charge >= 0.3 is 0 Å². The monoisotopic (exact) mass is 310 g/mol. The molecular formula is C19H18O4. The summed E-state index contributed by atoms with van der Waals surface area (Å²) in [4.78, 5) is 12.9. The second-order valence-electron chi connectivity index (χ2n) is 6.54. The molecule has 0 aromatic heterocycles. The molecule has 2 unspecified atom stereocenters. The molecule has 0 spiro atoms. The normalized spacial score (nSPS) is 27.5. The minimum absolute atomic E-state index is 0.304. The molecule has 0 fully saturated rings. The van der Waals surface area contributed by atoms with Gasteiger partial charge in [0.15, 0.2) is 0 Å². The van der Waals surface area contributed by atoms with Crippen LogP contribution >= 0.6 is 0 Å². The molecule has 4 nitrogen and oxygen atoms in total. The van der Waals surface area contributed by atoms with Gasteiger partial charge in [-0.2, -0.15) is 0 Å². The van der Waals surface area contributed by atoms with Gasteiger partial charge in [-0.3, -0.25) is 4.79 Å². The Bertz CT molecular complexity index is 899. The number of hydrogen-bond donors (Lipinski definition) is 2. The number of hydrogen-bond acceptors (Lipinski definition) is 4. The van der Waals surface area contributed by atoms with Gasteiger partial charge in [0.05, 0.1) is 0 Å². The van der Waals surface area contributed by atoms with Gasteiger partial charge < -0.3 is 14.9 Å². The highest BCUT2D eigenvalue weighted by atomic mass is 16.7. The summed E-state index contributed by atoms with van der Waals surface area (Å²) < 4.78 is 5.85. The highest BCUT2D eigenvalue weighted by Gasteiger charge is 2.71. The zero-order chi connectivity index (χ0) is 16.7. The van der Waals surface area contributed by atoms with Crippen LogP contribution in [0.25, 0.3) is 0 Å². The van der Waals surface area contributed by atoms with Crippen LogP contribution in [0.2, 0.25) is 0 Å². The zero-order valence-electron chi connectivity index (χ0n) is 13.5. The van der Waals surface area contributed by atoms with Crippen LogP contribution in [0.4, 0.5) is 0 Å². The van der Waals surface area contributed by atoms with Gasteiger partial charge in [-0.25, -0.2) is 0 Å². The Morgan fingerprint density at radius 2 is 1.52 bits per heavy atom. The van der Waals surface area contributed by atoms with E-state index < -0.39 is 17.2 Å². The van der Waals surface area contributed by atoms with E-state index >= 15 is 0 Å². The van der Waals surface area contributed by atoms with Crippen LogP contribution in [0.15, 0.2) is 24.3 Å². The molecular weight excluding hydrogens is 292 g/mol. The van der Waals surface area contributed by atoms with Crippen molar-refractivity contribution in [3.8, 4) is 5.75 Å². The second kappa shape index (κ2) is 4.02. The first-order chi connectivity index (χ1) is 10.7. The third-order valence-electron chi connectivity index (χ3n) is 5.60. The molecule has 2 aromatic rings. The lowest BCUT2D eigenvalue weighted by Gasteiger charge is -2.29. The van der Waals surface area contributed by atoms with Crippen LogP contribution in [-0.4, -0.2) is 16.0 Å².